The monoisotopic (exact) mass is 357 g/mol. The van der Waals surface area contributed by atoms with Crippen molar-refractivity contribution in [2.45, 2.75) is 37.7 Å². The minimum absolute atomic E-state index is 0.230. The molecule has 1 heterocycles. The van der Waals surface area contributed by atoms with E-state index in [1.54, 1.807) is 11.3 Å². The second-order valence-corrected chi connectivity index (χ2v) is 7.89. The first-order valence-corrected chi connectivity index (χ1v) is 9.78. The van der Waals surface area contributed by atoms with Crippen LogP contribution >= 0.6 is 11.3 Å². The molecule has 0 saturated heterocycles. The molecule has 1 unspecified atom stereocenters. The third kappa shape index (κ3) is 4.41. The highest BCUT2D eigenvalue weighted by Crippen LogP contribution is 2.47. The lowest BCUT2D eigenvalue weighted by atomic mass is 9.96. The zero-order valence-electron chi connectivity index (χ0n) is 15.0. The van der Waals surface area contributed by atoms with Gasteiger partial charge in [0.25, 0.3) is 0 Å². The third-order valence-electron chi connectivity index (χ3n) is 4.78. The number of guanidine groups is 1. The molecule has 2 aromatic rings. The number of nitrogens with zero attached hydrogens (tertiary/aromatic N) is 1. The molecule has 3 rings (SSSR count). The number of hydrogen-bond acceptors (Lipinski definition) is 3. The quantitative estimate of drug-likeness (QED) is 0.527. The van der Waals surface area contributed by atoms with Crippen molar-refractivity contribution in [1.29, 1.82) is 0 Å². The molecule has 1 aliphatic carbocycles. The van der Waals surface area contributed by atoms with Crippen molar-refractivity contribution in [3.8, 4) is 0 Å². The number of thiophene rings is 1. The summed E-state index contributed by atoms with van der Waals surface area (Å²) in [6.45, 7) is 5.87. The number of aliphatic imine (C=N–C) groups is 1. The van der Waals surface area contributed by atoms with E-state index in [1.165, 1.54) is 18.4 Å². The van der Waals surface area contributed by atoms with Crippen LogP contribution in [-0.4, -0.2) is 30.7 Å². The molecule has 0 bridgehead atoms. The summed E-state index contributed by atoms with van der Waals surface area (Å²) in [6.07, 6.45) is 2.41. The van der Waals surface area contributed by atoms with Gasteiger partial charge in [-0.2, -0.15) is 0 Å². The average molecular weight is 358 g/mol. The normalized spacial score (nSPS) is 18.4. The van der Waals surface area contributed by atoms with Crippen LogP contribution in [0.2, 0.25) is 0 Å². The largest absolute Gasteiger partial charge is 0.383 e. The zero-order chi connectivity index (χ0) is 17.8. The van der Waals surface area contributed by atoms with Crippen LogP contribution in [0.15, 0.2) is 52.8 Å². The Kier molecular flexibility index (Phi) is 5.45. The van der Waals surface area contributed by atoms with E-state index in [-0.39, 0.29) is 5.41 Å². The maximum Gasteiger partial charge on any atom is 0.191 e. The van der Waals surface area contributed by atoms with Gasteiger partial charge in [0.15, 0.2) is 5.96 Å². The average Bonchev–Trinajstić information content (AvgIpc) is 3.20. The van der Waals surface area contributed by atoms with Crippen molar-refractivity contribution in [3.05, 3.63) is 58.3 Å². The van der Waals surface area contributed by atoms with Crippen LogP contribution in [0.25, 0.3) is 0 Å². The van der Waals surface area contributed by atoms with Gasteiger partial charge in [0, 0.05) is 23.4 Å². The van der Waals surface area contributed by atoms with Crippen LogP contribution in [0.4, 0.5) is 0 Å². The summed E-state index contributed by atoms with van der Waals surface area (Å²) in [5.74, 6) is 0.765. The summed E-state index contributed by atoms with van der Waals surface area (Å²) in [6, 6.07) is 14.6. The van der Waals surface area contributed by atoms with Crippen molar-refractivity contribution in [2.75, 3.05) is 19.6 Å². The first-order valence-electron chi connectivity index (χ1n) is 8.90. The molecule has 4 nitrogen and oxygen atoms in total. The van der Waals surface area contributed by atoms with Gasteiger partial charge in [-0.05, 0) is 43.7 Å². The van der Waals surface area contributed by atoms with Crippen LogP contribution < -0.4 is 10.6 Å². The van der Waals surface area contributed by atoms with Crippen LogP contribution in [0.5, 0.6) is 0 Å². The summed E-state index contributed by atoms with van der Waals surface area (Å²) >= 11 is 1.56. The molecule has 0 radical (unpaired) electrons. The molecule has 1 fully saturated rings. The van der Waals surface area contributed by atoms with Gasteiger partial charge in [-0.15, -0.1) is 11.3 Å². The molecular formula is C20H27N3OS. The Morgan fingerprint density at radius 2 is 1.96 bits per heavy atom. The van der Waals surface area contributed by atoms with Gasteiger partial charge in [-0.1, -0.05) is 36.4 Å². The maximum atomic E-state index is 10.7. The molecule has 1 aromatic heterocycles. The Bertz CT molecular complexity index is 691. The van der Waals surface area contributed by atoms with E-state index in [9.17, 15) is 5.11 Å². The number of benzene rings is 1. The van der Waals surface area contributed by atoms with Crippen LogP contribution in [-0.2, 0) is 11.0 Å². The summed E-state index contributed by atoms with van der Waals surface area (Å²) in [7, 11) is 0. The lowest BCUT2D eigenvalue weighted by Crippen LogP contribution is -2.42. The predicted molar refractivity (Wildman–Crippen MR) is 105 cm³/mol. The van der Waals surface area contributed by atoms with Crippen molar-refractivity contribution in [1.82, 2.24) is 10.6 Å². The summed E-state index contributed by atoms with van der Waals surface area (Å²) in [5, 5.41) is 19.4. The lowest BCUT2D eigenvalue weighted by molar-refractivity contribution is 0.0711. The third-order valence-corrected chi connectivity index (χ3v) is 5.90. The Morgan fingerprint density at radius 3 is 2.56 bits per heavy atom. The summed E-state index contributed by atoms with van der Waals surface area (Å²) in [4.78, 5) is 5.56. The van der Waals surface area contributed by atoms with Crippen LogP contribution in [0, 0.1) is 0 Å². The van der Waals surface area contributed by atoms with Gasteiger partial charge in [0.2, 0.25) is 0 Å². The molecule has 0 aliphatic heterocycles. The van der Waals surface area contributed by atoms with E-state index < -0.39 is 5.60 Å². The van der Waals surface area contributed by atoms with E-state index >= 15 is 0 Å². The molecule has 1 atom stereocenters. The van der Waals surface area contributed by atoms with E-state index in [1.807, 2.05) is 24.4 Å². The summed E-state index contributed by atoms with van der Waals surface area (Å²) < 4.78 is 0. The van der Waals surface area contributed by atoms with Gasteiger partial charge >= 0.3 is 0 Å². The minimum atomic E-state index is -0.937. The number of aliphatic hydroxyl groups is 1. The Labute approximate surface area is 154 Å². The van der Waals surface area contributed by atoms with Crippen molar-refractivity contribution in [3.63, 3.8) is 0 Å². The zero-order valence-corrected chi connectivity index (χ0v) is 15.8. The van der Waals surface area contributed by atoms with Crippen molar-refractivity contribution in [2.24, 2.45) is 4.99 Å². The SMILES string of the molecule is CCNC(=NCC(C)(O)c1cccs1)NCC1(c2ccccc2)CC1. The molecule has 25 heavy (non-hydrogen) atoms. The predicted octanol–water partition coefficient (Wildman–Crippen LogP) is 3.24. The standard InChI is InChI=1S/C20H27N3OS/c1-3-21-18(22-14-19(2,24)17-10-7-13-25-17)23-15-20(11-12-20)16-8-5-4-6-9-16/h4-10,13,24H,3,11-12,14-15H2,1-2H3,(H2,21,22,23). The fraction of sp³-hybridized carbons (Fsp3) is 0.450. The molecule has 1 aliphatic rings. The number of rotatable bonds is 7. The summed E-state index contributed by atoms with van der Waals surface area (Å²) in [5.41, 5.74) is 0.685. The first-order chi connectivity index (χ1) is 12.1. The highest BCUT2D eigenvalue weighted by atomic mass is 32.1. The smallest absolute Gasteiger partial charge is 0.191 e. The van der Waals surface area contributed by atoms with E-state index in [4.69, 9.17) is 0 Å². The van der Waals surface area contributed by atoms with Crippen LogP contribution in [0.3, 0.4) is 0 Å². The molecule has 134 valence electrons. The van der Waals surface area contributed by atoms with E-state index in [2.05, 4.69) is 52.9 Å². The molecule has 1 aromatic carbocycles. The van der Waals surface area contributed by atoms with Crippen molar-refractivity contribution < 1.29 is 5.11 Å². The lowest BCUT2D eigenvalue weighted by Gasteiger charge is -2.22. The maximum absolute atomic E-state index is 10.7. The molecule has 3 N–H and O–H groups in total. The fourth-order valence-corrected chi connectivity index (χ4v) is 3.78. The minimum Gasteiger partial charge on any atom is -0.383 e. The highest BCUT2D eigenvalue weighted by molar-refractivity contribution is 7.10. The fourth-order valence-electron chi connectivity index (χ4n) is 3.00. The molecular weight excluding hydrogens is 330 g/mol. The molecule has 0 spiro atoms. The molecule has 1 saturated carbocycles. The Balaban J connectivity index is 1.63. The second kappa shape index (κ2) is 7.58. The van der Waals surface area contributed by atoms with Gasteiger partial charge in [0.1, 0.15) is 5.60 Å². The first kappa shape index (κ1) is 18.0. The second-order valence-electron chi connectivity index (χ2n) is 6.95. The molecule has 0 amide bonds. The van der Waals surface area contributed by atoms with Gasteiger partial charge < -0.3 is 15.7 Å². The van der Waals surface area contributed by atoms with E-state index in [0.29, 0.717) is 6.54 Å². The van der Waals surface area contributed by atoms with Gasteiger partial charge in [-0.25, -0.2) is 4.99 Å². The van der Waals surface area contributed by atoms with Crippen molar-refractivity contribution >= 4 is 17.3 Å². The highest BCUT2D eigenvalue weighted by Gasteiger charge is 2.44. The number of hydrogen-bond donors (Lipinski definition) is 3. The van der Waals surface area contributed by atoms with E-state index in [0.717, 1.165) is 23.9 Å². The number of nitrogens with one attached hydrogen (secondary N) is 2. The van der Waals surface area contributed by atoms with Gasteiger partial charge in [0.05, 0.1) is 6.54 Å². The topological polar surface area (TPSA) is 56.7 Å². The Hall–Kier alpha value is -1.85. The van der Waals surface area contributed by atoms with Crippen LogP contribution in [0.1, 0.15) is 37.1 Å². The molecule has 5 heteroatoms. The Morgan fingerprint density at radius 1 is 1.20 bits per heavy atom. The van der Waals surface area contributed by atoms with Gasteiger partial charge in [-0.3, -0.25) is 0 Å².